The van der Waals surface area contributed by atoms with Crippen molar-refractivity contribution in [2.75, 3.05) is 19.3 Å². The molecule has 0 saturated carbocycles. The van der Waals surface area contributed by atoms with E-state index in [-0.39, 0.29) is 0 Å². The van der Waals surface area contributed by atoms with Gasteiger partial charge in [-0.1, -0.05) is 6.92 Å². The normalized spacial score (nSPS) is 20.6. The topological polar surface area (TPSA) is 42.2 Å². The SMILES string of the molecule is CCCN(C)[C@@H]1CCc2nc(N)sc2C1. The highest BCUT2D eigenvalue weighted by Crippen LogP contribution is 2.29. The molecule has 1 aromatic heterocycles. The number of anilines is 1. The van der Waals surface area contributed by atoms with Crippen molar-refractivity contribution in [3.63, 3.8) is 0 Å². The minimum atomic E-state index is 0.692. The molecule has 4 heteroatoms. The largest absolute Gasteiger partial charge is 0.375 e. The molecule has 1 atom stereocenters. The number of nitrogens with two attached hydrogens (primary N) is 1. The summed E-state index contributed by atoms with van der Waals surface area (Å²) in [4.78, 5) is 8.25. The Labute approximate surface area is 95.3 Å². The smallest absolute Gasteiger partial charge is 0.180 e. The number of likely N-dealkylation sites (N-methyl/N-ethyl adjacent to an activating group) is 1. The van der Waals surface area contributed by atoms with Crippen LogP contribution in [0.2, 0.25) is 0 Å². The van der Waals surface area contributed by atoms with Gasteiger partial charge in [0.1, 0.15) is 0 Å². The summed E-state index contributed by atoms with van der Waals surface area (Å²) in [6.45, 7) is 3.42. The van der Waals surface area contributed by atoms with Gasteiger partial charge in [-0.2, -0.15) is 0 Å². The molecule has 0 fully saturated rings. The Morgan fingerprint density at radius 1 is 1.60 bits per heavy atom. The standard InChI is InChI=1S/C11H19N3S/c1-3-6-14(2)8-4-5-9-10(7-8)15-11(12)13-9/h8H,3-7H2,1-2H3,(H2,12,13)/t8-/m1/s1. The maximum atomic E-state index is 5.73. The van der Waals surface area contributed by atoms with Gasteiger partial charge in [-0.15, -0.1) is 11.3 Å². The van der Waals surface area contributed by atoms with Gasteiger partial charge >= 0.3 is 0 Å². The predicted molar refractivity (Wildman–Crippen MR) is 65.3 cm³/mol. The van der Waals surface area contributed by atoms with Gasteiger partial charge in [0.15, 0.2) is 5.13 Å². The molecule has 0 spiro atoms. The molecule has 1 aromatic rings. The lowest BCUT2D eigenvalue weighted by Crippen LogP contribution is -2.36. The van der Waals surface area contributed by atoms with Crippen molar-refractivity contribution in [1.82, 2.24) is 9.88 Å². The molecule has 0 radical (unpaired) electrons. The summed E-state index contributed by atoms with van der Waals surface area (Å²) < 4.78 is 0. The summed E-state index contributed by atoms with van der Waals surface area (Å²) in [5, 5.41) is 0.735. The monoisotopic (exact) mass is 225 g/mol. The molecule has 15 heavy (non-hydrogen) atoms. The van der Waals surface area contributed by atoms with Crippen molar-refractivity contribution in [1.29, 1.82) is 0 Å². The second-order valence-corrected chi connectivity index (χ2v) is 5.41. The van der Waals surface area contributed by atoms with Crippen LogP contribution in [0.4, 0.5) is 5.13 Å². The molecule has 0 aliphatic heterocycles. The van der Waals surface area contributed by atoms with E-state index in [2.05, 4.69) is 23.9 Å². The van der Waals surface area contributed by atoms with E-state index < -0.39 is 0 Å². The van der Waals surface area contributed by atoms with Crippen LogP contribution in [0.5, 0.6) is 0 Å². The summed E-state index contributed by atoms with van der Waals surface area (Å²) in [6.07, 6.45) is 4.69. The first-order valence-corrected chi connectivity index (χ1v) is 6.46. The van der Waals surface area contributed by atoms with Crippen molar-refractivity contribution < 1.29 is 0 Å². The molecule has 0 amide bonds. The van der Waals surface area contributed by atoms with Gasteiger partial charge in [0.2, 0.25) is 0 Å². The Bertz CT molecular complexity index is 335. The summed E-state index contributed by atoms with van der Waals surface area (Å²) in [5.41, 5.74) is 6.98. The summed E-state index contributed by atoms with van der Waals surface area (Å²) in [7, 11) is 2.23. The van der Waals surface area contributed by atoms with Gasteiger partial charge in [0.05, 0.1) is 5.69 Å². The number of nitrogen functional groups attached to an aromatic ring is 1. The van der Waals surface area contributed by atoms with Crippen LogP contribution in [0.15, 0.2) is 0 Å². The molecule has 0 unspecified atom stereocenters. The lowest BCUT2D eigenvalue weighted by Gasteiger charge is -2.30. The Kier molecular flexibility index (Phi) is 3.26. The lowest BCUT2D eigenvalue weighted by molar-refractivity contribution is 0.223. The zero-order valence-electron chi connectivity index (χ0n) is 9.49. The lowest BCUT2D eigenvalue weighted by atomic mass is 9.96. The summed E-state index contributed by atoms with van der Waals surface area (Å²) in [6, 6.07) is 0.692. The third-order valence-electron chi connectivity index (χ3n) is 3.13. The number of fused-ring (bicyclic) bond motifs is 1. The summed E-state index contributed by atoms with van der Waals surface area (Å²) >= 11 is 1.67. The van der Waals surface area contributed by atoms with Crippen LogP contribution in [0.25, 0.3) is 0 Å². The van der Waals surface area contributed by atoms with Crippen molar-refractivity contribution >= 4 is 16.5 Å². The average molecular weight is 225 g/mol. The highest BCUT2D eigenvalue weighted by Gasteiger charge is 2.24. The molecular formula is C11H19N3S. The van der Waals surface area contributed by atoms with Crippen molar-refractivity contribution in [3.05, 3.63) is 10.6 Å². The molecule has 3 nitrogen and oxygen atoms in total. The number of rotatable bonds is 3. The van der Waals surface area contributed by atoms with Crippen LogP contribution in [-0.4, -0.2) is 29.5 Å². The van der Waals surface area contributed by atoms with Crippen LogP contribution in [0.1, 0.15) is 30.3 Å². The third kappa shape index (κ3) is 2.32. The van der Waals surface area contributed by atoms with Gasteiger partial charge < -0.3 is 10.6 Å². The predicted octanol–water partition coefficient (Wildman–Crippen LogP) is 1.92. The fraction of sp³-hybridized carbons (Fsp3) is 0.727. The van der Waals surface area contributed by atoms with E-state index in [1.165, 1.54) is 30.0 Å². The Hall–Kier alpha value is -0.610. The van der Waals surface area contributed by atoms with Crippen molar-refractivity contribution in [2.45, 2.75) is 38.6 Å². The molecule has 84 valence electrons. The van der Waals surface area contributed by atoms with Crippen molar-refractivity contribution in [3.8, 4) is 0 Å². The summed E-state index contributed by atoms with van der Waals surface area (Å²) in [5.74, 6) is 0. The first kappa shape index (κ1) is 10.9. The van der Waals surface area contributed by atoms with Gasteiger partial charge in [0.25, 0.3) is 0 Å². The number of thiazole rings is 1. The second kappa shape index (κ2) is 4.49. The second-order valence-electron chi connectivity index (χ2n) is 4.30. The Morgan fingerprint density at radius 3 is 3.13 bits per heavy atom. The number of hydrogen-bond acceptors (Lipinski definition) is 4. The zero-order chi connectivity index (χ0) is 10.8. The van der Waals surface area contributed by atoms with Gasteiger partial charge in [-0.3, -0.25) is 0 Å². The highest BCUT2D eigenvalue weighted by atomic mass is 32.1. The van der Waals surface area contributed by atoms with Crippen molar-refractivity contribution in [2.24, 2.45) is 0 Å². The van der Waals surface area contributed by atoms with Gasteiger partial charge in [-0.25, -0.2) is 4.98 Å². The Balaban J connectivity index is 2.04. The maximum absolute atomic E-state index is 5.73. The molecule has 2 N–H and O–H groups in total. The molecule has 1 aliphatic carbocycles. The van der Waals surface area contributed by atoms with Crippen LogP contribution in [-0.2, 0) is 12.8 Å². The third-order valence-corrected chi connectivity index (χ3v) is 4.08. The molecule has 0 saturated heterocycles. The molecule has 2 rings (SSSR count). The quantitative estimate of drug-likeness (QED) is 0.854. The fourth-order valence-corrected chi connectivity index (χ4v) is 3.24. The number of nitrogens with zero attached hydrogens (tertiary/aromatic N) is 2. The molecular weight excluding hydrogens is 206 g/mol. The molecule has 0 aromatic carbocycles. The number of hydrogen-bond donors (Lipinski definition) is 1. The highest BCUT2D eigenvalue weighted by molar-refractivity contribution is 7.15. The average Bonchev–Trinajstić information content (AvgIpc) is 2.57. The number of aromatic nitrogens is 1. The minimum absolute atomic E-state index is 0.692. The minimum Gasteiger partial charge on any atom is -0.375 e. The first-order chi connectivity index (χ1) is 7.20. The van der Waals surface area contributed by atoms with E-state index in [0.717, 1.165) is 18.0 Å². The molecule has 0 bridgehead atoms. The molecule has 1 aliphatic rings. The van der Waals surface area contributed by atoms with Gasteiger partial charge in [0, 0.05) is 10.9 Å². The maximum Gasteiger partial charge on any atom is 0.180 e. The zero-order valence-corrected chi connectivity index (χ0v) is 10.3. The molecule has 1 heterocycles. The van der Waals surface area contributed by atoms with E-state index in [1.54, 1.807) is 11.3 Å². The fourth-order valence-electron chi connectivity index (χ4n) is 2.29. The van der Waals surface area contributed by atoms with E-state index in [4.69, 9.17) is 5.73 Å². The number of aryl methyl sites for hydroxylation is 1. The van der Waals surface area contributed by atoms with E-state index >= 15 is 0 Å². The van der Waals surface area contributed by atoms with E-state index in [9.17, 15) is 0 Å². The van der Waals surface area contributed by atoms with E-state index in [1.807, 2.05) is 0 Å². The van der Waals surface area contributed by atoms with Crippen LogP contribution in [0.3, 0.4) is 0 Å². The van der Waals surface area contributed by atoms with Crippen LogP contribution in [0, 0.1) is 0 Å². The van der Waals surface area contributed by atoms with Crippen LogP contribution >= 0.6 is 11.3 Å². The Morgan fingerprint density at radius 2 is 2.40 bits per heavy atom. The van der Waals surface area contributed by atoms with Gasteiger partial charge in [-0.05, 0) is 39.3 Å². The van der Waals surface area contributed by atoms with Crippen LogP contribution < -0.4 is 5.73 Å². The van der Waals surface area contributed by atoms with E-state index in [0.29, 0.717) is 6.04 Å². The first-order valence-electron chi connectivity index (χ1n) is 5.65.